The number of carbonyl (C=O) groups is 3. The number of nitrogens with zero attached hydrogens (tertiary/aromatic N) is 1. The van der Waals surface area contributed by atoms with Crippen LogP contribution in [-0.2, 0) is 20.7 Å². The van der Waals surface area contributed by atoms with E-state index in [-0.39, 0.29) is 23.8 Å². The lowest BCUT2D eigenvalue weighted by molar-refractivity contribution is -0.122. The number of thiophene rings is 1. The molecule has 0 aromatic carbocycles. The van der Waals surface area contributed by atoms with Crippen LogP contribution in [0.2, 0.25) is 0 Å². The van der Waals surface area contributed by atoms with Crippen molar-refractivity contribution in [1.29, 1.82) is 0 Å². The number of hydrogen-bond acceptors (Lipinski definition) is 7. The van der Waals surface area contributed by atoms with Crippen molar-refractivity contribution in [1.82, 2.24) is 5.32 Å². The molecule has 5 fully saturated rings. The van der Waals surface area contributed by atoms with Gasteiger partial charge in [-0.1, -0.05) is 18.7 Å². The molecule has 4 saturated carbocycles. The maximum atomic E-state index is 12.8. The highest BCUT2D eigenvalue weighted by atomic mass is 32.2. The van der Waals surface area contributed by atoms with Crippen LogP contribution in [0.5, 0.6) is 0 Å². The van der Waals surface area contributed by atoms with Crippen LogP contribution in [0.1, 0.15) is 72.7 Å². The molecule has 1 aliphatic heterocycles. The molecule has 4 bridgehead atoms. The molecule has 1 saturated heterocycles. The summed E-state index contributed by atoms with van der Waals surface area (Å²) in [7, 11) is 1.34. The molecule has 1 aromatic rings. The summed E-state index contributed by atoms with van der Waals surface area (Å²) in [4.78, 5) is 43.8. The first kappa shape index (κ1) is 22.9. The standard InChI is InChI=1S/C24H31N3O4S2/c1-4-16-12(2)32-21(19(16)22(30)31-3)25-18(28)8-17-20(29)26-23(33-17)27-24-9-13-5-14(10-24)7-15(6-13)11-24/h13-15,17H,4-11H2,1-3H3,(H,25,28)(H,26,27,29). The van der Waals surface area contributed by atoms with Crippen LogP contribution >= 0.6 is 23.1 Å². The number of carbonyl (C=O) groups excluding carboxylic acids is 3. The highest BCUT2D eigenvalue weighted by Gasteiger charge is 2.51. The van der Waals surface area contributed by atoms with E-state index in [1.807, 2.05) is 13.8 Å². The first-order valence-electron chi connectivity index (χ1n) is 11.9. The van der Waals surface area contributed by atoms with Crippen molar-refractivity contribution in [3.63, 3.8) is 0 Å². The second kappa shape index (κ2) is 8.73. The number of thioether (sulfide) groups is 1. The van der Waals surface area contributed by atoms with Gasteiger partial charge in [-0.25, -0.2) is 4.79 Å². The molecular weight excluding hydrogens is 458 g/mol. The lowest BCUT2D eigenvalue weighted by Crippen LogP contribution is -2.50. The summed E-state index contributed by atoms with van der Waals surface area (Å²) in [6.07, 6.45) is 8.17. The van der Waals surface area contributed by atoms with E-state index < -0.39 is 11.2 Å². The van der Waals surface area contributed by atoms with Crippen LogP contribution in [0.15, 0.2) is 4.99 Å². The number of rotatable bonds is 6. The average molecular weight is 490 g/mol. The fourth-order valence-corrected chi connectivity index (χ4v) is 8.99. The quantitative estimate of drug-likeness (QED) is 0.581. The predicted molar refractivity (Wildman–Crippen MR) is 131 cm³/mol. The van der Waals surface area contributed by atoms with Crippen LogP contribution in [0.25, 0.3) is 0 Å². The predicted octanol–water partition coefficient (Wildman–Crippen LogP) is 4.29. The molecular formula is C24H31N3O4S2. The van der Waals surface area contributed by atoms with Crippen molar-refractivity contribution in [2.45, 2.75) is 76.0 Å². The van der Waals surface area contributed by atoms with E-state index in [2.05, 4.69) is 10.6 Å². The van der Waals surface area contributed by atoms with Crippen LogP contribution in [-0.4, -0.2) is 40.8 Å². The normalized spacial score (nSPS) is 33.4. The number of methoxy groups -OCH3 is 1. The minimum Gasteiger partial charge on any atom is -0.465 e. The molecule has 5 aliphatic rings. The summed E-state index contributed by atoms with van der Waals surface area (Å²) >= 11 is 2.74. The van der Waals surface area contributed by atoms with Gasteiger partial charge in [0.25, 0.3) is 0 Å². The van der Waals surface area contributed by atoms with Gasteiger partial charge >= 0.3 is 5.97 Å². The topological polar surface area (TPSA) is 96.9 Å². The zero-order valence-electron chi connectivity index (χ0n) is 19.4. The number of aryl methyl sites for hydroxylation is 1. The summed E-state index contributed by atoms with van der Waals surface area (Å²) in [5, 5.41) is 6.45. The third kappa shape index (κ3) is 4.34. The zero-order valence-corrected chi connectivity index (χ0v) is 21.0. The Morgan fingerprint density at radius 2 is 1.82 bits per heavy atom. The number of ether oxygens (including phenoxy) is 1. The maximum Gasteiger partial charge on any atom is 0.341 e. The fourth-order valence-electron chi connectivity index (χ4n) is 6.77. The Labute approximate surface area is 202 Å². The van der Waals surface area contributed by atoms with Gasteiger partial charge in [-0.2, -0.15) is 0 Å². The summed E-state index contributed by atoms with van der Waals surface area (Å²) in [6, 6.07) is 0. The third-order valence-corrected chi connectivity index (χ3v) is 9.84. The van der Waals surface area contributed by atoms with Crippen LogP contribution in [0, 0.1) is 24.7 Å². The molecule has 9 heteroatoms. The Hall–Kier alpha value is -1.87. The fraction of sp³-hybridized carbons (Fsp3) is 0.667. The Balaban J connectivity index is 1.26. The third-order valence-electron chi connectivity index (χ3n) is 7.70. The Morgan fingerprint density at radius 3 is 2.39 bits per heavy atom. The second-order valence-corrected chi connectivity index (χ2v) is 12.5. The van der Waals surface area contributed by atoms with Crippen molar-refractivity contribution in [2.24, 2.45) is 22.7 Å². The van der Waals surface area contributed by atoms with Crippen LogP contribution in [0.4, 0.5) is 5.00 Å². The molecule has 0 radical (unpaired) electrons. The molecule has 1 atom stereocenters. The number of esters is 1. The molecule has 2 heterocycles. The number of amidine groups is 1. The number of amides is 2. The SMILES string of the molecule is CCc1c(C)sc(NC(=O)CC2SC(=NC34CC5CC(CC(C5)C3)C4)NC2=O)c1C(=O)OC. The molecule has 178 valence electrons. The van der Waals surface area contributed by atoms with Crippen molar-refractivity contribution < 1.29 is 19.1 Å². The maximum absolute atomic E-state index is 12.8. The van der Waals surface area contributed by atoms with Crippen molar-refractivity contribution >= 4 is 51.1 Å². The Kier molecular flexibility index (Phi) is 6.05. The van der Waals surface area contributed by atoms with Gasteiger partial charge in [0.05, 0.1) is 18.2 Å². The number of aliphatic imine (C=N–C) groups is 1. The minimum absolute atomic E-state index is 0.0119. The average Bonchev–Trinajstić information content (AvgIpc) is 3.23. The molecule has 2 N–H and O–H groups in total. The van der Waals surface area contributed by atoms with Gasteiger partial charge in [-0.05, 0) is 75.2 Å². The summed E-state index contributed by atoms with van der Waals surface area (Å²) < 4.78 is 4.93. The Bertz CT molecular complexity index is 996. The van der Waals surface area contributed by atoms with E-state index in [0.29, 0.717) is 22.2 Å². The highest BCUT2D eigenvalue weighted by Crippen LogP contribution is 2.57. The first-order valence-corrected chi connectivity index (χ1v) is 13.6. The number of anilines is 1. The van der Waals surface area contributed by atoms with Gasteiger partial charge < -0.3 is 15.4 Å². The van der Waals surface area contributed by atoms with Crippen LogP contribution < -0.4 is 10.6 Å². The number of hydrogen-bond donors (Lipinski definition) is 2. The molecule has 1 aromatic heterocycles. The van der Waals surface area contributed by atoms with Crippen molar-refractivity contribution in [3.05, 3.63) is 16.0 Å². The van der Waals surface area contributed by atoms with Gasteiger partial charge in [0.15, 0.2) is 5.17 Å². The van der Waals surface area contributed by atoms with E-state index in [1.165, 1.54) is 49.5 Å². The molecule has 4 aliphatic carbocycles. The summed E-state index contributed by atoms with van der Waals surface area (Å²) in [5.74, 6) is 1.46. The second-order valence-electron chi connectivity index (χ2n) is 10.1. The molecule has 1 unspecified atom stereocenters. The Morgan fingerprint density at radius 1 is 1.18 bits per heavy atom. The smallest absolute Gasteiger partial charge is 0.341 e. The van der Waals surface area contributed by atoms with Gasteiger partial charge in [0, 0.05) is 11.3 Å². The van der Waals surface area contributed by atoms with Gasteiger partial charge in [0.2, 0.25) is 11.8 Å². The van der Waals surface area contributed by atoms with Crippen molar-refractivity contribution in [2.75, 3.05) is 12.4 Å². The van der Waals surface area contributed by atoms with Gasteiger partial charge in [-0.3, -0.25) is 14.6 Å². The minimum atomic E-state index is -0.508. The molecule has 2 amide bonds. The largest absolute Gasteiger partial charge is 0.465 e. The van der Waals surface area contributed by atoms with E-state index in [1.54, 1.807) is 0 Å². The lowest BCUT2D eigenvalue weighted by atomic mass is 9.53. The van der Waals surface area contributed by atoms with E-state index in [0.717, 1.165) is 47.5 Å². The molecule has 6 rings (SSSR count). The van der Waals surface area contributed by atoms with E-state index in [9.17, 15) is 14.4 Å². The molecule has 33 heavy (non-hydrogen) atoms. The van der Waals surface area contributed by atoms with Gasteiger partial charge in [0.1, 0.15) is 10.3 Å². The van der Waals surface area contributed by atoms with E-state index >= 15 is 0 Å². The summed E-state index contributed by atoms with van der Waals surface area (Å²) in [6.45, 7) is 3.90. The first-order chi connectivity index (χ1) is 15.8. The lowest BCUT2D eigenvalue weighted by Gasteiger charge is -2.55. The number of nitrogens with one attached hydrogen (secondary N) is 2. The molecule has 0 spiro atoms. The van der Waals surface area contributed by atoms with E-state index in [4.69, 9.17) is 9.73 Å². The van der Waals surface area contributed by atoms with Gasteiger partial charge in [-0.15, -0.1) is 11.3 Å². The van der Waals surface area contributed by atoms with Crippen LogP contribution in [0.3, 0.4) is 0 Å². The molecule has 7 nitrogen and oxygen atoms in total. The van der Waals surface area contributed by atoms with Crippen molar-refractivity contribution in [3.8, 4) is 0 Å². The summed E-state index contributed by atoms with van der Waals surface area (Å²) in [5.41, 5.74) is 1.30. The highest BCUT2D eigenvalue weighted by molar-refractivity contribution is 8.15. The monoisotopic (exact) mass is 489 g/mol. The zero-order chi connectivity index (χ0) is 23.3.